The summed E-state index contributed by atoms with van der Waals surface area (Å²) in [6.45, 7) is 12.9. The second-order valence-electron chi connectivity index (χ2n) is 4.90. The molecule has 0 heterocycles. The van der Waals surface area contributed by atoms with E-state index in [1.165, 1.54) is 16.7 Å². The molecular weight excluding hydrogens is 248 g/mol. The Morgan fingerprint density at radius 1 is 1.33 bits per heavy atom. The molecule has 15 heavy (non-hydrogen) atoms. The highest BCUT2D eigenvalue weighted by atomic mass is 79.9. The highest BCUT2D eigenvalue weighted by molar-refractivity contribution is 9.10. The normalized spacial score (nSPS) is 11.5. The lowest BCUT2D eigenvalue weighted by atomic mass is 9.86. The molecule has 1 rings (SSSR count). The monoisotopic (exact) mass is 266 g/mol. The maximum absolute atomic E-state index is 4.07. The van der Waals surface area contributed by atoms with Crippen molar-refractivity contribution >= 4 is 21.5 Å². The van der Waals surface area contributed by atoms with E-state index >= 15 is 0 Å². The van der Waals surface area contributed by atoms with Gasteiger partial charge in [0.15, 0.2) is 0 Å². The summed E-state index contributed by atoms with van der Waals surface area (Å²) in [6, 6.07) is 6.56. The molecule has 0 saturated heterocycles. The third-order valence-corrected chi connectivity index (χ3v) is 3.30. The number of benzene rings is 1. The predicted octanol–water partition coefficient (Wildman–Crippen LogP) is 5.17. The van der Waals surface area contributed by atoms with Crippen molar-refractivity contribution in [3.05, 3.63) is 40.4 Å². The van der Waals surface area contributed by atoms with Gasteiger partial charge in [-0.15, -0.1) is 0 Å². The molecule has 1 heteroatoms. The first kappa shape index (κ1) is 12.5. The molecule has 0 aliphatic carbocycles. The minimum atomic E-state index is 0.203. The Balaban J connectivity index is 3.15. The number of rotatable bonds is 2. The minimum absolute atomic E-state index is 0.203. The molecule has 0 fully saturated rings. The molecule has 0 bridgehead atoms. The first-order valence-corrected chi connectivity index (χ1v) is 6.13. The van der Waals surface area contributed by atoms with Gasteiger partial charge in [-0.05, 0) is 34.6 Å². The van der Waals surface area contributed by atoms with Crippen LogP contribution in [-0.2, 0) is 5.41 Å². The maximum Gasteiger partial charge on any atom is 0.0253 e. The lowest BCUT2D eigenvalue weighted by molar-refractivity contribution is 0.590. The van der Waals surface area contributed by atoms with E-state index in [1.54, 1.807) is 0 Å². The van der Waals surface area contributed by atoms with Crippen molar-refractivity contribution < 1.29 is 0 Å². The molecule has 0 N–H and O–H groups in total. The van der Waals surface area contributed by atoms with E-state index in [0.717, 1.165) is 10.9 Å². The minimum Gasteiger partial charge on any atom is -0.0952 e. The molecule has 1 aromatic rings. The van der Waals surface area contributed by atoms with Crippen molar-refractivity contribution in [2.24, 2.45) is 0 Å². The Morgan fingerprint density at radius 3 is 2.33 bits per heavy atom. The summed E-state index contributed by atoms with van der Waals surface area (Å²) in [5, 5.41) is 0. The van der Waals surface area contributed by atoms with Gasteiger partial charge >= 0.3 is 0 Å². The van der Waals surface area contributed by atoms with Crippen LogP contribution in [0.4, 0.5) is 0 Å². The van der Waals surface area contributed by atoms with Crippen LogP contribution in [-0.4, -0.2) is 0 Å². The summed E-state index contributed by atoms with van der Waals surface area (Å²) in [6.07, 6.45) is 0.994. The lowest BCUT2D eigenvalue weighted by Gasteiger charge is -2.20. The zero-order valence-electron chi connectivity index (χ0n) is 10.0. The Morgan fingerprint density at radius 2 is 1.93 bits per heavy atom. The average Bonchev–Trinajstić information content (AvgIpc) is 2.15. The van der Waals surface area contributed by atoms with E-state index in [-0.39, 0.29) is 5.41 Å². The zero-order valence-corrected chi connectivity index (χ0v) is 11.6. The second kappa shape index (κ2) is 4.52. The van der Waals surface area contributed by atoms with Crippen LogP contribution in [0.1, 0.15) is 45.2 Å². The van der Waals surface area contributed by atoms with Crippen LogP contribution in [0.5, 0.6) is 0 Å². The van der Waals surface area contributed by atoms with E-state index in [9.17, 15) is 0 Å². The van der Waals surface area contributed by atoms with Crippen molar-refractivity contribution in [1.29, 1.82) is 0 Å². The number of hydrogen-bond acceptors (Lipinski definition) is 0. The molecule has 1 aromatic carbocycles. The first-order chi connectivity index (χ1) is 6.86. The molecule has 0 aliphatic rings. The van der Waals surface area contributed by atoms with E-state index in [4.69, 9.17) is 0 Å². The largest absolute Gasteiger partial charge is 0.0952 e. The summed E-state index contributed by atoms with van der Waals surface area (Å²) in [5.74, 6) is 0. The molecule has 0 nitrogen and oxygen atoms in total. The highest BCUT2D eigenvalue weighted by Crippen LogP contribution is 2.30. The lowest BCUT2D eigenvalue weighted by Crippen LogP contribution is -2.11. The summed E-state index contributed by atoms with van der Waals surface area (Å²) in [7, 11) is 0. The fourth-order valence-corrected chi connectivity index (χ4v) is 2.12. The van der Waals surface area contributed by atoms with E-state index in [0.29, 0.717) is 0 Å². The first-order valence-electron chi connectivity index (χ1n) is 5.34. The van der Waals surface area contributed by atoms with Gasteiger partial charge in [-0.25, -0.2) is 0 Å². The maximum atomic E-state index is 4.07. The van der Waals surface area contributed by atoms with Crippen LogP contribution in [0.25, 0.3) is 5.57 Å². The molecule has 0 atom stereocenters. The highest BCUT2D eigenvalue weighted by Gasteiger charge is 2.15. The molecule has 0 spiro atoms. The molecule has 0 aromatic heterocycles. The fourth-order valence-electron chi connectivity index (χ4n) is 1.46. The van der Waals surface area contributed by atoms with Gasteiger partial charge < -0.3 is 0 Å². The van der Waals surface area contributed by atoms with E-state index < -0.39 is 0 Å². The summed E-state index contributed by atoms with van der Waals surface area (Å²) in [5.41, 5.74) is 3.96. The van der Waals surface area contributed by atoms with Crippen LogP contribution in [0, 0.1) is 0 Å². The average molecular weight is 267 g/mol. The summed E-state index contributed by atoms with van der Waals surface area (Å²) in [4.78, 5) is 0. The topological polar surface area (TPSA) is 0 Å². The standard InChI is InChI=1S/C14H19Br/c1-6-10(2)12-8-7-11(9-13(12)15)14(3,4)5/h7-9H,2,6H2,1,3-5H3. The summed E-state index contributed by atoms with van der Waals surface area (Å²) >= 11 is 3.62. The van der Waals surface area contributed by atoms with Gasteiger partial charge in [-0.2, -0.15) is 0 Å². The molecule has 0 radical (unpaired) electrons. The molecule has 0 aliphatic heterocycles. The summed E-state index contributed by atoms with van der Waals surface area (Å²) < 4.78 is 1.15. The smallest absolute Gasteiger partial charge is 0.0253 e. The van der Waals surface area contributed by atoms with Crippen molar-refractivity contribution in [2.45, 2.75) is 39.5 Å². The van der Waals surface area contributed by atoms with Crippen LogP contribution in [0.2, 0.25) is 0 Å². The van der Waals surface area contributed by atoms with Crippen molar-refractivity contribution in [2.75, 3.05) is 0 Å². The van der Waals surface area contributed by atoms with Crippen molar-refractivity contribution in [3.8, 4) is 0 Å². The van der Waals surface area contributed by atoms with Crippen molar-refractivity contribution in [3.63, 3.8) is 0 Å². The Kier molecular flexibility index (Phi) is 3.77. The van der Waals surface area contributed by atoms with Gasteiger partial charge in [0.25, 0.3) is 0 Å². The van der Waals surface area contributed by atoms with Gasteiger partial charge in [0.1, 0.15) is 0 Å². The molecule has 82 valence electrons. The van der Waals surface area contributed by atoms with E-state index in [1.807, 2.05) is 0 Å². The Hall–Kier alpha value is -0.560. The molecule has 0 amide bonds. The molecular formula is C14H19Br. The van der Waals surface area contributed by atoms with E-state index in [2.05, 4.69) is 68.4 Å². The fraction of sp³-hybridized carbons (Fsp3) is 0.429. The Bertz CT molecular complexity index is 369. The second-order valence-corrected chi connectivity index (χ2v) is 5.76. The molecule has 0 unspecified atom stereocenters. The number of halogens is 1. The Labute approximate surface area is 102 Å². The van der Waals surface area contributed by atoms with Crippen molar-refractivity contribution in [1.82, 2.24) is 0 Å². The third kappa shape index (κ3) is 2.94. The third-order valence-electron chi connectivity index (χ3n) is 2.64. The van der Waals surface area contributed by atoms with Gasteiger partial charge in [0.2, 0.25) is 0 Å². The molecule has 0 saturated carbocycles. The van der Waals surface area contributed by atoms with Crippen LogP contribution >= 0.6 is 15.9 Å². The van der Waals surface area contributed by atoms with Gasteiger partial charge in [0.05, 0.1) is 0 Å². The predicted molar refractivity (Wildman–Crippen MR) is 72.2 cm³/mol. The number of allylic oxidation sites excluding steroid dienone is 1. The van der Waals surface area contributed by atoms with Gasteiger partial charge in [-0.1, -0.05) is 62.3 Å². The van der Waals surface area contributed by atoms with Gasteiger partial charge in [0, 0.05) is 4.47 Å². The van der Waals surface area contributed by atoms with Crippen LogP contribution < -0.4 is 0 Å². The quantitative estimate of drug-likeness (QED) is 0.693. The number of hydrogen-bond donors (Lipinski definition) is 0. The SMILES string of the molecule is C=C(CC)c1ccc(C(C)(C)C)cc1Br. The van der Waals surface area contributed by atoms with Crippen LogP contribution in [0.3, 0.4) is 0 Å². The zero-order chi connectivity index (χ0) is 11.6. The van der Waals surface area contributed by atoms with Crippen LogP contribution in [0.15, 0.2) is 29.3 Å². The van der Waals surface area contributed by atoms with Gasteiger partial charge in [-0.3, -0.25) is 0 Å².